The number of benzene rings is 1. The monoisotopic (exact) mass is 428 g/mol. The van der Waals surface area contributed by atoms with Crippen molar-refractivity contribution in [3.8, 4) is 11.5 Å². The van der Waals surface area contributed by atoms with Gasteiger partial charge in [0.05, 0.1) is 45.1 Å². The van der Waals surface area contributed by atoms with E-state index in [-0.39, 0.29) is 54.4 Å². The largest absolute Gasteiger partial charge is 0.493 e. The number of ether oxygens (including phenoxy) is 3. The minimum Gasteiger partial charge on any atom is -0.493 e. The van der Waals surface area contributed by atoms with Gasteiger partial charge < -0.3 is 29.3 Å². The van der Waals surface area contributed by atoms with Gasteiger partial charge in [0, 0.05) is 35.9 Å². The summed E-state index contributed by atoms with van der Waals surface area (Å²) in [5.74, 6) is 1.24. The number of fused-ring (bicyclic) bond motifs is 2. The molecule has 0 aromatic heterocycles. The van der Waals surface area contributed by atoms with Gasteiger partial charge in [-0.1, -0.05) is 0 Å². The molecule has 0 radical (unpaired) electrons. The smallest absolute Gasteiger partial charge is 0.229 e. The van der Waals surface area contributed by atoms with Crippen molar-refractivity contribution in [2.75, 3.05) is 38.8 Å². The summed E-state index contributed by atoms with van der Waals surface area (Å²) in [6.07, 6.45) is 0.787. The fourth-order valence-corrected chi connectivity index (χ4v) is 8.32. The van der Waals surface area contributed by atoms with Crippen LogP contribution in [-0.4, -0.2) is 84.8 Å². The van der Waals surface area contributed by atoms with E-state index in [0.29, 0.717) is 18.0 Å². The van der Waals surface area contributed by atoms with Gasteiger partial charge in [-0.2, -0.15) is 0 Å². The third-order valence-electron chi connectivity index (χ3n) is 9.44. The second-order valence-electron chi connectivity index (χ2n) is 10.2. The van der Waals surface area contributed by atoms with E-state index in [4.69, 9.17) is 14.2 Å². The minimum atomic E-state index is -1.21. The second kappa shape index (κ2) is 5.73. The molecule has 6 aliphatic rings. The molecule has 2 bridgehead atoms. The van der Waals surface area contributed by atoms with Crippen molar-refractivity contribution >= 4 is 11.6 Å². The number of carbonyl (C=O) groups excluding carboxylic acids is 1. The Bertz CT molecular complexity index is 1000. The molecule has 166 valence electrons. The van der Waals surface area contributed by atoms with Gasteiger partial charge in [0.15, 0.2) is 11.5 Å². The van der Waals surface area contributed by atoms with E-state index < -0.39 is 11.7 Å². The summed E-state index contributed by atoms with van der Waals surface area (Å²) in [5.41, 5.74) is 0.645. The number of carbonyl (C=O) groups is 1. The number of piperidine rings is 2. The number of aliphatic hydroxyl groups excluding tert-OH is 1. The van der Waals surface area contributed by atoms with Crippen LogP contribution >= 0.6 is 0 Å². The van der Waals surface area contributed by atoms with Gasteiger partial charge in [0.25, 0.3) is 0 Å². The summed E-state index contributed by atoms with van der Waals surface area (Å²) < 4.78 is 17.4. The number of hydrogen-bond acceptors (Lipinski definition) is 7. The molecule has 8 atom stereocenters. The van der Waals surface area contributed by atoms with Gasteiger partial charge >= 0.3 is 0 Å². The van der Waals surface area contributed by atoms with Gasteiger partial charge in [0.2, 0.25) is 5.91 Å². The average Bonchev–Trinajstić information content (AvgIpc) is 3.26. The molecule has 8 heteroatoms. The highest BCUT2D eigenvalue weighted by atomic mass is 16.5. The summed E-state index contributed by atoms with van der Waals surface area (Å²) in [6.45, 7) is 1.38. The molecule has 1 spiro atoms. The maximum atomic E-state index is 13.5. The van der Waals surface area contributed by atoms with E-state index in [1.54, 1.807) is 14.2 Å². The van der Waals surface area contributed by atoms with Gasteiger partial charge in [-0.3, -0.25) is 9.69 Å². The minimum absolute atomic E-state index is 0.0132. The molecule has 31 heavy (non-hydrogen) atoms. The summed E-state index contributed by atoms with van der Waals surface area (Å²) in [4.78, 5) is 17.8. The predicted octanol–water partition coefficient (Wildman–Crippen LogP) is 0.275. The number of anilines is 1. The van der Waals surface area contributed by atoms with Crippen LogP contribution in [0.15, 0.2) is 12.1 Å². The fraction of sp³-hybridized carbons (Fsp3) is 0.696. The highest BCUT2D eigenvalue weighted by Gasteiger charge is 2.75. The SMILES string of the molecule is COc1cc2c(cc1OC)[C@]13CCN4C[C@]5(O)[C@H](C[C@H]41)[C@@H]1C3N2C(=O)C[C@@H]1OC[C@@H]5O. The third-order valence-corrected chi connectivity index (χ3v) is 9.44. The van der Waals surface area contributed by atoms with E-state index in [1.807, 2.05) is 11.0 Å². The highest BCUT2D eigenvalue weighted by molar-refractivity contribution is 5.99. The topological polar surface area (TPSA) is 91.7 Å². The van der Waals surface area contributed by atoms with Crippen LogP contribution in [0.4, 0.5) is 5.69 Å². The molecule has 2 N–H and O–H groups in total. The van der Waals surface area contributed by atoms with Gasteiger partial charge in [-0.15, -0.1) is 0 Å². The second-order valence-corrected chi connectivity index (χ2v) is 10.2. The van der Waals surface area contributed by atoms with E-state index >= 15 is 0 Å². The van der Waals surface area contributed by atoms with Crippen molar-refractivity contribution < 1.29 is 29.2 Å². The Labute approximate surface area is 180 Å². The lowest BCUT2D eigenvalue weighted by Crippen LogP contribution is -2.74. The van der Waals surface area contributed by atoms with E-state index in [2.05, 4.69) is 11.0 Å². The molecule has 5 heterocycles. The standard InChI is InChI=1S/C23H28N2O6/c1-29-14-5-11-13(7-15(14)30-2)25-19(27)8-16-20-12-6-17-22(11,21(20)25)3-4-24(17)10-23(12,28)18(26)9-31-16/h5,7,12,16-18,20-21,26,28H,3-4,6,8-10H2,1-2H3/t12-,16+,17+,18+,20+,21?,22-,23+/m1/s1. The zero-order valence-corrected chi connectivity index (χ0v) is 17.8. The fourth-order valence-electron chi connectivity index (χ4n) is 8.32. The molecule has 5 aliphatic heterocycles. The van der Waals surface area contributed by atoms with Crippen LogP contribution in [0, 0.1) is 11.8 Å². The molecule has 1 aliphatic carbocycles. The van der Waals surface area contributed by atoms with E-state index in [1.165, 1.54) is 0 Å². The Kier molecular flexibility index (Phi) is 3.45. The lowest BCUT2D eigenvalue weighted by Gasteiger charge is -2.61. The van der Waals surface area contributed by atoms with Crippen LogP contribution < -0.4 is 14.4 Å². The van der Waals surface area contributed by atoms with Crippen LogP contribution in [-0.2, 0) is 14.9 Å². The molecule has 1 saturated carbocycles. The molecule has 4 saturated heterocycles. The Morgan fingerprint density at radius 1 is 1.23 bits per heavy atom. The average molecular weight is 428 g/mol. The normalized spacial score (nSPS) is 46.6. The zero-order chi connectivity index (χ0) is 21.3. The predicted molar refractivity (Wildman–Crippen MR) is 109 cm³/mol. The molecule has 1 unspecified atom stereocenters. The lowest BCUT2D eigenvalue weighted by atomic mass is 9.51. The Hall–Kier alpha value is -1.87. The van der Waals surface area contributed by atoms with Crippen molar-refractivity contribution in [2.24, 2.45) is 11.8 Å². The van der Waals surface area contributed by atoms with Crippen molar-refractivity contribution in [1.82, 2.24) is 4.90 Å². The number of methoxy groups -OCH3 is 2. The van der Waals surface area contributed by atoms with Crippen molar-refractivity contribution in [3.63, 3.8) is 0 Å². The zero-order valence-electron chi connectivity index (χ0n) is 17.8. The number of hydrogen-bond donors (Lipinski definition) is 2. The quantitative estimate of drug-likeness (QED) is 0.699. The summed E-state index contributed by atoms with van der Waals surface area (Å²) >= 11 is 0. The highest BCUT2D eigenvalue weighted by Crippen LogP contribution is 2.67. The number of amides is 1. The first-order valence-corrected chi connectivity index (χ1v) is 11.3. The summed E-state index contributed by atoms with van der Waals surface area (Å²) in [6, 6.07) is 4.16. The maximum absolute atomic E-state index is 13.5. The Morgan fingerprint density at radius 2 is 2.00 bits per heavy atom. The molecular weight excluding hydrogens is 400 g/mol. The molecule has 1 amide bonds. The molecule has 8 nitrogen and oxygen atoms in total. The molecule has 1 aromatic rings. The lowest BCUT2D eigenvalue weighted by molar-refractivity contribution is -0.184. The van der Waals surface area contributed by atoms with Crippen LogP contribution in [0.2, 0.25) is 0 Å². The third kappa shape index (κ3) is 1.92. The van der Waals surface area contributed by atoms with E-state index in [0.717, 1.165) is 30.6 Å². The number of rotatable bonds is 2. The Balaban J connectivity index is 1.51. The first-order valence-electron chi connectivity index (χ1n) is 11.3. The summed E-state index contributed by atoms with van der Waals surface area (Å²) in [7, 11) is 3.26. The number of aliphatic hydroxyl groups is 2. The molecule has 5 fully saturated rings. The first-order chi connectivity index (χ1) is 14.9. The molecule has 1 aromatic carbocycles. The van der Waals surface area contributed by atoms with Gasteiger partial charge in [-0.25, -0.2) is 0 Å². The van der Waals surface area contributed by atoms with Gasteiger partial charge in [0.1, 0.15) is 11.7 Å². The van der Waals surface area contributed by atoms with Crippen molar-refractivity contribution in [2.45, 2.75) is 54.6 Å². The van der Waals surface area contributed by atoms with Crippen LogP contribution in [0.25, 0.3) is 0 Å². The van der Waals surface area contributed by atoms with Crippen molar-refractivity contribution in [3.05, 3.63) is 17.7 Å². The summed E-state index contributed by atoms with van der Waals surface area (Å²) in [5, 5.41) is 22.7. The first kappa shape index (κ1) is 18.7. The molecular formula is C23H28N2O6. The van der Waals surface area contributed by atoms with Crippen LogP contribution in [0.3, 0.4) is 0 Å². The van der Waals surface area contributed by atoms with Crippen LogP contribution in [0.1, 0.15) is 24.8 Å². The van der Waals surface area contributed by atoms with Crippen molar-refractivity contribution in [1.29, 1.82) is 0 Å². The van der Waals surface area contributed by atoms with E-state index in [9.17, 15) is 15.0 Å². The molecule has 7 rings (SSSR count). The maximum Gasteiger partial charge on any atom is 0.229 e. The van der Waals surface area contributed by atoms with Gasteiger partial charge in [-0.05, 0) is 31.0 Å². The Morgan fingerprint density at radius 3 is 2.77 bits per heavy atom. The van der Waals surface area contributed by atoms with Crippen LogP contribution in [0.5, 0.6) is 11.5 Å². The number of nitrogens with zero attached hydrogens (tertiary/aromatic N) is 2.